The van der Waals surface area contributed by atoms with Gasteiger partial charge in [0, 0.05) is 26.2 Å². The molecular formula is C38H53N5O8. The molecule has 1 aliphatic carbocycles. The van der Waals surface area contributed by atoms with Crippen molar-refractivity contribution in [1.29, 1.82) is 0 Å². The van der Waals surface area contributed by atoms with Crippen LogP contribution in [0.1, 0.15) is 65.9 Å². The summed E-state index contributed by atoms with van der Waals surface area (Å²) in [6.07, 6.45) is 3.14. The number of amides is 5. The fourth-order valence-corrected chi connectivity index (χ4v) is 7.25. The number of Topliss-reactive ketones (excluding diaryl/α,β-unsaturated/α-hetero) is 1. The molecule has 0 radical (unpaired) electrons. The third kappa shape index (κ3) is 9.77. The topological polar surface area (TPSA) is 163 Å². The molecule has 3 fully saturated rings. The van der Waals surface area contributed by atoms with E-state index in [-0.39, 0.29) is 49.3 Å². The number of carbonyl (C=O) groups is 6. The molecule has 2 saturated heterocycles. The van der Waals surface area contributed by atoms with E-state index < -0.39 is 59.4 Å². The fraction of sp³-hybridized carbons (Fsp3) is 0.579. The maximum absolute atomic E-state index is 14.5. The van der Waals surface area contributed by atoms with Crippen molar-refractivity contribution in [2.75, 3.05) is 26.2 Å². The molecule has 0 spiro atoms. The Morgan fingerprint density at radius 3 is 2.27 bits per heavy atom. The third-order valence-corrected chi connectivity index (χ3v) is 10.1. The van der Waals surface area contributed by atoms with Crippen LogP contribution in [-0.4, -0.2) is 95.4 Å². The second-order valence-corrected chi connectivity index (χ2v) is 15.2. The van der Waals surface area contributed by atoms with E-state index >= 15 is 0 Å². The van der Waals surface area contributed by atoms with Gasteiger partial charge in [-0.05, 0) is 75.2 Å². The summed E-state index contributed by atoms with van der Waals surface area (Å²) in [5, 5.41) is 8.04. The van der Waals surface area contributed by atoms with Gasteiger partial charge in [-0.3, -0.25) is 19.2 Å². The SMILES string of the molecule is C=CCC[C@H](NC(=O)[C@@H]1[C@@H]2[C@H](CN1C(=O)[C@@H](NC(=O)OC(C)(C)C)C1CCN(C(=O)OCc3ccccc3)CC1)C2(C)C)C(=O)C(=O)NCC=C. The summed E-state index contributed by atoms with van der Waals surface area (Å²) < 4.78 is 11.0. The summed E-state index contributed by atoms with van der Waals surface area (Å²) in [6, 6.07) is 6.27. The molecule has 1 saturated carbocycles. The number of ketones is 1. The first-order chi connectivity index (χ1) is 24.1. The first-order valence-corrected chi connectivity index (χ1v) is 17.7. The maximum atomic E-state index is 14.5. The van der Waals surface area contributed by atoms with Crippen molar-refractivity contribution in [3.63, 3.8) is 0 Å². The molecular weight excluding hydrogens is 654 g/mol. The molecule has 5 amide bonds. The Bertz CT molecular complexity index is 1480. The number of nitrogens with one attached hydrogen (secondary N) is 3. The summed E-state index contributed by atoms with van der Waals surface area (Å²) >= 11 is 0. The standard InChI is InChI=1S/C38H53N5O8/c1-8-10-16-27(31(44)33(46)39-19-9-2)40-32(45)30-28-26(38(28,6)7)22-43(30)34(47)29(41-35(48)51-37(3,4)5)25-17-20-42(21-18-25)36(49)50-23-24-14-12-11-13-15-24/h8-9,11-15,25-30H,1-2,10,16-23H2,3-7H3,(H,39,46)(H,40,45)(H,41,48)/t26-,27-,28-,29-,30-/m0/s1. The quantitative estimate of drug-likeness (QED) is 0.195. The first-order valence-electron chi connectivity index (χ1n) is 17.7. The number of ether oxygens (including phenoxy) is 2. The second kappa shape index (κ2) is 16.6. The predicted octanol–water partition coefficient (Wildman–Crippen LogP) is 3.73. The Morgan fingerprint density at radius 1 is 1.00 bits per heavy atom. The Morgan fingerprint density at radius 2 is 1.67 bits per heavy atom. The Balaban J connectivity index is 1.52. The summed E-state index contributed by atoms with van der Waals surface area (Å²) in [4.78, 5) is 83.4. The highest BCUT2D eigenvalue weighted by Crippen LogP contribution is 2.65. The number of benzene rings is 1. The molecule has 3 N–H and O–H groups in total. The molecule has 13 nitrogen and oxygen atoms in total. The lowest BCUT2D eigenvalue weighted by atomic mass is 9.88. The van der Waals surface area contributed by atoms with Crippen molar-refractivity contribution in [2.45, 2.75) is 90.6 Å². The average Bonchev–Trinajstić information content (AvgIpc) is 3.39. The van der Waals surface area contributed by atoms with Crippen LogP contribution in [0.25, 0.3) is 0 Å². The Labute approximate surface area is 300 Å². The van der Waals surface area contributed by atoms with Gasteiger partial charge in [-0.15, -0.1) is 13.2 Å². The minimum Gasteiger partial charge on any atom is -0.445 e. The summed E-state index contributed by atoms with van der Waals surface area (Å²) in [5.74, 6) is -3.14. The number of hydrogen-bond donors (Lipinski definition) is 3. The number of alkyl carbamates (subject to hydrolysis) is 1. The van der Waals surface area contributed by atoms with Crippen molar-refractivity contribution >= 4 is 35.7 Å². The van der Waals surface area contributed by atoms with E-state index in [2.05, 4.69) is 29.1 Å². The van der Waals surface area contributed by atoms with Crippen LogP contribution < -0.4 is 16.0 Å². The van der Waals surface area contributed by atoms with Crippen LogP contribution >= 0.6 is 0 Å². The number of fused-ring (bicyclic) bond motifs is 1. The van der Waals surface area contributed by atoms with E-state index in [1.165, 1.54) is 11.0 Å². The first kappa shape index (κ1) is 39.1. The fourth-order valence-electron chi connectivity index (χ4n) is 7.25. The lowest BCUT2D eigenvalue weighted by molar-refractivity contribution is -0.145. The molecule has 0 aromatic heterocycles. The molecule has 51 heavy (non-hydrogen) atoms. The van der Waals surface area contributed by atoms with Crippen molar-refractivity contribution in [1.82, 2.24) is 25.8 Å². The lowest BCUT2D eigenvalue weighted by Gasteiger charge is -2.39. The molecule has 278 valence electrons. The highest BCUT2D eigenvalue weighted by atomic mass is 16.6. The van der Waals surface area contributed by atoms with Gasteiger partial charge in [0.2, 0.25) is 17.6 Å². The maximum Gasteiger partial charge on any atom is 0.410 e. The zero-order valence-corrected chi connectivity index (χ0v) is 30.4. The monoisotopic (exact) mass is 707 g/mol. The molecule has 0 bridgehead atoms. The minimum absolute atomic E-state index is 0.0267. The zero-order chi connectivity index (χ0) is 37.5. The molecule has 3 aliphatic rings. The Hall–Kier alpha value is -4.68. The normalized spacial score (nSPS) is 22.0. The van der Waals surface area contributed by atoms with E-state index in [4.69, 9.17) is 9.47 Å². The smallest absolute Gasteiger partial charge is 0.410 e. The third-order valence-electron chi connectivity index (χ3n) is 10.1. The number of carbonyl (C=O) groups excluding carboxylic acids is 6. The van der Waals surface area contributed by atoms with Crippen LogP contribution in [0.15, 0.2) is 55.6 Å². The van der Waals surface area contributed by atoms with Crippen molar-refractivity contribution in [3.05, 3.63) is 61.2 Å². The summed E-state index contributed by atoms with van der Waals surface area (Å²) in [7, 11) is 0. The van der Waals surface area contributed by atoms with Gasteiger partial charge in [0.25, 0.3) is 5.91 Å². The van der Waals surface area contributed by atoms with Crippen LogP contribution in [-0.2, 0) is 35.3 Å². The van der Waals surface area contributed by atoms with E-state index in [1.54, 1.807) is 31.7 Å². The number of allylic oxidation sites excluding steroid dienone is 1. The van der Waals surface area contributed by atoms with Crippen LogP contribution in [0, 0.1) is 23.2 Å². The van der Waals surface area contributed by atoms with Crippen LogP contribution in [0.5, 0.6) is 0 Å². The molecule has 2 aliphatic heterocycles. The molecule has 1 aromatic carbocycles. The van der Waals surface area contributed by atoms with E-state index in [0.29, 0.717) is 32.4 Å². The minimum atomic E-state index is -1.13. The van der Waals surface area contributed by atoms with Crippen LogP contribution in [0.4, 0.5) is 9.59 Å². The molecule has 1 aromatic rings. The van der Waals surface area contributed by atoms with Crippen LogP contribution in [0.3, 0.4) is 0 Å². The highest BCUT2D eigenvalue weighted by molar-refractivity contribution is 6.38. The van der Waals surface area contributed by atoms with Crippen molar-refractivity contribution in [2.24, 2.45) is 23.2 Å². The van der Waals surface area contributed by atoms with Gasteiger partial charge in [-0.25, -0.2) is 9.59 Å². The highest BCUT2D eigenvalue weighted by Gasteiger charge is 2.69. The van der Waals surface area contributed by atoms with E-state index in [1.807, 2.05) is 44.2 Å². The molecule has 13 heteroatoms. The summed E-state index contributed by atoms with van der Waals surface area (Å²) in [6.45, 7) is 17.6. The van der Waals surface area contributed by atoms with Gasteiger partial charge in [0.15, 0.2) is 0 Å². The van der Waals surface area contributed by atoms with Gasteiger partial charge in [0.05, 0.1) is 6.04 Å². The molecule has 4 rings (SSSR count). The van der Waals surface area contributed by atoms with Crippen molar-refractivity contribution < 1.29 is 38.2 Å². The summed E-state index contributed by atoms with van der Waals surface area (Å²) in [5.41, 5.74) is -0.193. The molecule has 0 unspecified atom stereocenters. The predicted molar refractivity (Wildman–Crippen MR) is 190 cm³/mol. The number of likely N-dealkylation sites (tertiary alicyclic amines) is 2. The van der Waals surface area contributed by atoms with E-state index in [0.717, 1.165) is 5.56 Å². The number of rotatable bonds is 14. The Kier molecular flexibility index (Phi) is 12.7. The number of piperidine rings is 2. The van der Waals surface area contributed by atoms with Crippen LogP contribution in [0.2, 0.25) is 0 Å². The van der Waals surface area contributed by atoms with Crippen molar-refractivity contribution in [3.8, 4) is 0 Å². The lowest BCUT2D eigenvalue weighted by Crippen LogP contribution is -2.60. The van der Waals surface area contributed by atoms with E-state index in [9.17, 15) is 28.8 Å². The van der Waals surface area contributed by atoms with Gasteiger partial charge < -0.3 is 35.2 Å². The largest absolute Gasteiger partial charge is 0.445 e. The van der Waals surface area contributed by atoms with Gasteiger partial charge in [0.1, 0.15) is 24.3 Å². The van der Waals surface area contributed by atoms with Gasteiger partial charge in [-0.2, -0.15) is 0 Å². The number of nitrogens with zero attached hydrogens (tertiary/aromatic N) is 2. The molecule has 5 atom stereocenters. The molecule has 2 heterocycles. The van der Waals surface area contributed by atoms with Gasteiger partial charge >= 0.3 is 12.2 Å². The zero-order valence-electron chi connectivity index (χ0n) is 30.4. The number of hydrogen-bond acceptors (Lipinski definition) is 8. The average molecular weight is 708 g/mol. The second-order valence-electron chi connectivity index (χ2n) is 15.2. The van der Waals surface area contributed by atoms with Gasteiger partial charge in [-0.1, -0.05) is 56.3 Å².